The molecule has 2 heterocycles. The lowest BCUT2D eigenvalue weighted by atomic mass is 9.75. The molecule has 1 aromatic heterocycles. The van der Waals surface area contributed by atoms with Crippen LogP contribution < -0.4 is 16.5 Å². The highest BCUT2D eigenvalue weighted by molar-refractivity contribution is 6.00. The van der Waals surface area contributed by atoms with E-state index in [4.69, 9.17) is 10.9 Å². The fourth-order valence-electron chi connectivity index (χ4n) is 5.05. The van der Waals surface area contributed by atoms with Crippen molar-refractivity contribution in [3.05, 3.63) is 40.7 Å². The maximum atomic E-state index is 13.8. The molecule has 13 heteroatoms. The number of benzene rings is 1. The van der Waals surface area contributed by atoms with Crippen molar-refractivity contribution >= 4 is 23.3 Å². The highest BCUT2D eigenvalue weighted by atomic mass is 19.4. The number of carbonyl (C=O) groups is 3. The van der Waals surface area contributed by atoms with Crippen LogP contribution in [0.1, 0.15) is 65.2 Å². The van der Waals surface area contributed by atoms with Crippen LogP contribution in [-0.4, -0.2) is 63.2 Å². The molecular formula is C24H29F3N6O4. The minimum Gasteiger partial charge on any atom is -0.382 e. The number of nitrogens with zero attached hydrogens (tertiary/aromatic N) is 3. The Morgan fingerprint density at radius 3 is 2.49 bits per heavy atom. The number of amides is 2. The number of carbonyl (C=O) groups excluding carboxylic acids is 3. The lowest BCUT2D eigenvalue weighted by Gasteiger charge is -2.32. The Morgan fingerprint density at radius 1 is 1.22 bits per heavy atom. The second-order valence-corrected chi connectivity index (χ2v) is 10.3. The van der Waals surface area contributed by atoms with Gasteiger partial charge in [0.05, 0.1) is 29.1 Å². The van der Waals surface area contributed by atoms with E-state index in [0.717, 1.165) is 4.68 Å². The predicted octanol–water partition coefficient (Wildman–Crippen LogP) is 2.53. The molecule has 0 spiro atoms. The van der Waals surface area contributed by atoms with Crippen molar-refractivity contribution in [1.82, 2.24) is 20.2 Å². The van der Waals surface area contributed by atoms with Crippen LogP contribution in [-0.2, 0) is 17.4 Å². The molecule has 4 rings (SSSR count). The lowest BCUT2D eigenvalue weighted by Crippen LogP contribution is -2.43. The van der Waals surface area contributed by atoms with Crippen molar-refractivity contribution in [2.24, 2.45) is 11.1 Å². The van der Waals surface area contributed by atoms with Crippen molar-refractivity contribution in [3.63, 3.8) is 0 Å². The van der Waals surface area contributed by atoms with Gasteiger partial charge in [0, 0.05) is 31.2 Å². The van der Waals surface area contributed by atoms with Gasteiger partial charge in [-0.3, -0.25) is 24.5 Å². The number of anilines is 1. The number of halogens is 3. The monoisotopic (exact) mass is 522 g/mol. The molecule has 1 aromatic carbocycles. The number of piperidine rings is 1. The number of primary amides is 1. The first kappa shape index (κ1) is 26.6. The summed E-state index contributed by atoms with van der Waals surface area (Å²) in [5, 5.41) is 15.8. The number of nitrogens with one attached hydrogen (secondary N) is 2. The molecule has 2 amide bonds. The second-order valence-electron chi connectivity index (χ2n) is 10.3. The van der Waals surface area contributed by atoms with E-state index in [9.17, 15) is 27.6 Å². The fraction of sp³-hybridized carbons (Fsp3) is 0.500. The van der Waals surface area contributed by atoms with E-state index in [-0.39, 0.29) is 42.4 Å². The van der Waals surface area contributed by atoms with Crippen molar-refractivity contribution in [3.8, 4) is 5.69 Å². The summed E-state index contributed by atoms with van der Waals surface area (Å²) in [5.74, 6) is -1.82. The van der Waals surface area contributed by atoms with Crippen LogP contribution in [0.25, 0.3) is 5.69 Å². The summed E-state index contributed by atoms with van der Waals surface area (Å²) < 4.78 is 42.6. The van der Waals surface area contributed by atoms with Crippen LogP contribution >= 0.6 is 0 Å². The van der Waals surface area contributed by atoms with E-state index < -0.39 is 40.4 Å². The number of fused-ring (bicyclic) bond motifs is 1. The SMILES string of the molecule is CC1(C)CC(=O)c2c(C(F)(F)F)nn(-c3ccc(C(N)=O)c(NC4CCN(CC(=O)NO)CC4)c3)c2C1. The summed E-state index contributed by atoms with van der Waals surface area (Å²) in [6.45, 7) is 4.79. The molecule has 0 bridgehead atoms. The normalized spacial score (nSPS) is 18.4. The third-order valence-electron chi connectivity index (χ3n) is 6.77. The standard InChI is InChI=1S/C24H29F3N6O4/c1-23(2)10-17-20(18(34)11-23)21(24(25,26)27)30-33(17)14-3-4-15(22(28)36)16(9-14)29-13-5-7-32(8-6-13)12-19(35)31-37/h3-4,9,13,29,37H,5-8,10-12H2,1-2H3,(H2,28,36)(H,31,35). The van der Waals surface area contributed by atoms with Gasteiger partial charge in [-0.05, 0) is 42.9 Å². The zero-order chi connectivity index (χ0) is 27.1. The Bertz CT molecular complexity index is 1230. The number of hydroxylamine groups is 1. The number of Topliss-reactive ketones (excluding diaryl/α,β-unsaturated/α-hetero) is 1. The van der Waals surface area contributed by atoms with Gasteiger partial charge >= 0.3 is 6.18 Å². The number of aromatic nitrogens is 2. The van der Waals surface area contributed by atoms with Crippen LogP contribution in [0.2, 0.25) is 0 Å². The van der Waals surface area contributed by atoms with Gasteiger partial charge in [-0.25, -0.2) is 10.2 Å². The molecule has 2 aliphatic rings. The number of hydrogen-bond donors (Lipinski definition) is 4. The van der Waals surface area contributed by atoms with Gasteiger partial charge in [0.1, 0.15) is 0 Å². The Balaban J connectivity index is 1.68. The Morgan fingerprint density at radius 2 is 1.89 bits per heavy atom. The van der Waals surface area contributed by atoms with E-state index in [0.29, 0.717) is 31.6 Å². The van der Waals surface area contributed by atoms with E-state index in [2.05, 4.69) is 10.4 Å². The van der Waals surface area contributed by atoms with Crippen LogP contribution in [0.4, 0.5) is 18.9 Å². The molecule has 10 nitrogen and oxygen atoms in total. The Hall–Kier alpha value is -3.45. The summed E-state index contributed by atoms with van der Waals surface area (Å²) in [4.78, 5) is 38.1. The first-order valence-corrected chi connectivity index (χ1v) is 11.9. The quantitative estimate of drug-likeness (QED) is 0.337. The number of likely N-dealkylation sites (tertiary alicyclic amines) is 1. The molecule has 2 aromatic rings. The van der Waals surface area contributed by atoms with E-state index in [1.54, 1.807) is 5.48 Å². The van der Waals surface area contributed by atoms with Crippen molar-refractivity contribution in [2.45, 2.75) is 51.7 Å². The van der Waals surface area contributed by atoms with Crippen LogP contribution in [0.15, 0.2) is 18.2 Å². The van der Waals surface area contributed by atoms with Gasteiger partial charge in [0.25, 0.3) is 11.8 Å². The highest BCUT2D eigenvalue weighted by Gasteiger charge is 2.45. The van der Waals surface area contributed by atoms with Gasteiger partial charge < -0.3 is 11.1 Å². The van der Waals surface area contributed by atoms with Crippen LogP contribution in [0.5, 0.6) is 0 Å². The minimum absolute atomic E-state index is 0.0130. The van der Waals surface area contributed by atoms with E-state index in [1.807, 2.05) is 18.7 Å². The summed E-state index contributed by atoms with van der Waals surface area (Å²) in [5.41, 5.74) is 5.95. The highest BCUT2D eigenvalue weighted by Crippen LogP contribution is 2.42. The number of hydrogen-bond acceptors (Lipinski definition) is 7. The number of nitrogens with two attached hydrogens (primary N) is 1. The molecule has 1 fully saturated rings. The Kier molecular flexibility index (Phi) is 7.04. The van der Waals surface area contributed by atoms with Crippen LogP contribution in [0.3, 0.4) is 0 Å². The molecule has 0 unspecified atom stereocenters. The summed E-state index contributed by atoms with van der Waals surface area (Å²) in [7, 11) is 0. The van der Waals surface area contributed by atoms with Crippen molar-refractivity contribution in [1.29, 1.82) is 0 Å². The van der Waals surface area contributed by atoms with Gasteiger partial charge in [0.2, 0.25) is 0 Å². The van der Waals surface area contributed by atoms with Crippen LogP contribution in [0, 0.1) is 5.41 Å². The third-order valence-corrected chi connectivity index (χ3v) is 6.77. The molecule has 0 radical (unpaired) electrons. The molecule has 5 N–H and O–H groups in total. The summed E-state index contributed by atoms with van der Waals surface area (Å²) in [6.07, 6.45) is -3.38. The fourth-order valence-corrected chi connectivity index (χ4v) is 5.05. The molecule has 0 atom stereocenters. The van der Waals surface area contributed by atoms with Gasteiger partial charge in [0.15, 0.2) is 11.5 Å². The molecule has 1 aliphatic heterocycles. The first-order valence-electron chi connectivity index (χ1n) is 11.9. The number of ketones is 1. The average Bonchev–Trinajstić information content (AvgIpc) is 3.19. The molecule has 200 valence electrons. The zero-order valence-corrected chi connectivity index (χ0v) is 20.5. The lowest BCUT2D eigenvalue weighted by molar-refractivity contribution is -0.141. The van der Waals surface area contributed by atoms with Crippen molar-refractivity contribution in [2.75, 3.05) is 25.0 Å². The molecule has 1 aliphatic carbocycles. The first-order chi connectivity index (χ1) is 17.3. The Labute approximate surface area is 210 Å². The smallest absolute Gasteiger partial charge is 0.382 e. The number of rotatable bonds is 6. The van der Waals surface area contributed by atoms with Crippen molar-refractivity contribution < 1.29 is 32.8 Å². The third kappa shape index (κ3) is 5.62. The average molecular weight is 523 g/mol. The number of alkyl halides is 3. The van der Waals surface area contributed by atoms with Gasteiger partial charge in [-0.1, -0.05) is 13.8 Å². The topological polar surface area (TPSA) is 143 Å². The molecule has 37 heavy (non-hydrogen) atoms. The summed E-state index contributed by atoms with van der Waals surface area (Å²) in [6, 6.07) is 4.31. The zero-order valence-electron chi connectivity index (χ0n) is 20.5. The largest absolute Gasteiger partial charge is 0.435 e. The molecule has 1 saturated heterocycles. The van der Waals surface area contributed by atoms with E-state index >= 15 is 0 Å². The molecular weight excluding hydrogens is 493 g/mol. The van der Waals surface area contributed by atoms with Gasteiger partial charge in [-0.15, -0.1) is 0 Å². The molecule has 0 saturated carbocycles. The predicted molar refractivity (Wildman–Crippen MR) is 127 cm³/mol. The summed E-state index contributed by atoms with van der Waals surface area (Å²) >= 11 is 0. The van der Waals surface area contributed by atoms with E-state index in [1.165, 1.54) is 18.2 Å². The van der Waals surface area contributed by atoms with Gasteiger partial charge in [-0.2, -0.15) is 18.3 Å². The maximum absolute atomic E-state index is 13.8. The minimum atomic E-state index is -4.80. The maximum Gasteiger partial charge on any atom is 0.435 e. The second kappa shape index (κ2) is 9.78.